The third-order valence-electron chi connectivity index (χ3n) is 1.78. The van der Waals surface area contributed by atoms with Gasteiger partial charge in [-0.1, -0.05) is 18.7 Å². The van der Waals surface area contributed by atoms with Gasteiger partial charge in [-0.25, -0.2) is 9.18 Å². The van der Waals surface area contributed by atoms with E-state index in [2.05, 4.69) is 11.3 Å². The molecule has 0 saturated heterocycles. The molecule has 0 spiro atoms. The molecule has 0 atom stereocenters. The number of hydrogen-bond donors (Lipinski definition) is 0. The van der Waals surface area contributed by atoms with Crippen molar-refractivity contribution in [2.75, 3.05) is 7.11 Å². The Bertz CT molecular complexity index is 358. The van der Waals surface area contributed by atoms with Crippen molar-refractivity contribution >= 4 is 5.97 Å². The Morgan fingerprint density at radius 1 is 1.57 bits per heavy atom. The summed E-state index contributed by atoms with van der Waals surface area (Å²) < 4.78 is 17.2. The number of hydrogen-bond acceptors (Lipinski definition) is 2. The number of halogens is 1. The summed E-state index contributed by atoms with van der Waals surface area (Å²) in [6, 6.07) is 6.05. The Labute approximate surface area is 82.0 Å². The van der Waals surface area contributed by atoms with Gasteiger partial charge in [-0.15, -0.1) is 0 Å². The Morgan fingerprint density at radius 3 is 2.86 bits per heavy atom. The number of ether oxygens (including phenoxy) is 1. The first-order valence-corrected chi connectivity index (χ1v) is 4.14. The van der Waals surface area contributed by atoms with E-state index in [4.69, 9.17) is 0 Å². The van der Waals surface area contributed by atoms with Gasteiger partial charge in [0.25, 0.3) is 0 Å². The summed E-state index contributed by atoms with van der Waals surface area (Å²) in [4.78, 5) is 11.0. The maximum Gasteiger partial charge on any atom is 0.333 e. The van der Waals surface area contributed by atoms with Gasteiger partial charge in [0.05, 0.1) is 7.11 Å². The molecule has 0 unspecified atom stereocenters. The van der Waals surface area contributed by atoms with E-state index in [-0.39, 0.29) is 5.82 Å². The monoisotopic (exact) mass is 194 g/mol. The quantitative estimate of drug-likeness (QED) is 0.544. The van der Waals surface area contributed by atoms with Crippen molar-refractivity contribution < 1.29 is 13.9 Å². The Balaban J connectivity index is 2.70. The zero-order valence-corrected chi connectivity index (χ0v) is 7.92. The van der Waals surface area contributed by atoms with Crippen LogP contribution in [0.2, 0.25) is 0 Å². The molecule has 0 aliphatic heterocycles. The maximum atomic E-state index is 12.8. The summed E-state index contributed by atoms with van der Waals surface area (Å²) >= 11 is 0. The molecule has 0 bridgehead atoms. The van der Waals surface area contributed by atoms with Crippen molar-refractivity contribution in [1.82, 2.24) is 0 Å². The molecule has 1 rings (SSSR count). The molecule has 0 aromatic heterocycles. The Kier molecular flexibility index (Phi) is 3.40. The average molecular weight is 194 g/mol. The molecule has 0 heterocycles. The summed E-state index contributed by atoms with van der Waals surface area (Å²) in [5.74, 6) is -0.783. The summed E-state index contributed by atoms with van der Waals surface area (Å²) in [5.41, 5.74) is 1.03. The summed E-state index contributed by atoms with van der Waals surface area (Å²) in [6.07, 6.45) is 0.310. The normalized spacial score (nSPS) is 9.57. The highest BCUT2D eigenvalue weighted by Crippen LogP contribution is 2.09. The molecule has 0 N–H and O–H groups in total. The lowest BCUT2D eigenvalue weighted by Gasteiger charge is -2.03. The topological polar surface area (TPSA) is 26.3 Å². The lowest BCUT2D eigenvalue weighted by atomic mass is 10.1. The van der Waals surface area contributed by atoms with Crippen LogP contribution in [0.15, 0.2) is 36.4 Å². The molecule has 1 aromatic rings. The fourth-order valence-corrected chi connectivity index (χ4v) is 1.11. The van der Waals surface area contributed by atoms with Crippen molar-refractivity contribution in [3.63, 3.8) is 0 Å². The van der Waals surface area contributed by atoms with E-state index >= 15 is 0 Å². The van der Waals surface area contributed by atoms with Crippen LogP contribution in [0.4, 0.5) is 4.39 Å². The van der Waals surface area contributed by atoms with Crippen molar-refractivity contribution in [3.05, 3.63) is 47.8 Å². The minimum absolute atomic E-state index is 0.310. The smallest absolute Gasteiger partial charge is 0.333 e. The SMILES string of the molecule is C=C(Cc1cccc(F)c1)C(=O)OC. The lowest BCUT2D eigenvalue weighted by Crippen LogP contribution is -2.06. The standard InChI is InChI=1S/C11H11FO2/c1-8(11(13)14-2)6-9-4-3-5-10(12)7-9/h3-5,7H,1,6H2,2H3. The molecular formula is C11H11FO2. The van der Waals surface area contributed by atoms with Crippen molar-refractivity contribution in [3.8, 4) is 0 Å². The summed E-state index contributed by atoms with van der Waals surface area (Å²) in [5, 5.41) is 0. The van der Waals surface area contributed by atoms with Gasteiger partial charge < -0.3 is 4.74 Å². The number of methoxy groups -OCH3 is 1. The van der Waals surface area contributed by atoms with Gasteiger partial charge in [-0.3, -0.25) is 0 Å². The van der Waals surface area contributed by atoms with Gasteiger partial charge in [0, 0.05) is 12.0 Å². The van der Waals surface area contributed by atoms with Crippen LogP contribution in [0.25, 0.3) is 0 Å². The van der Waals surface area contributed by atoms with Crippen LogP contribution in [0.5, 0.6) is 0 Å². The van der Waals surface area contributed by atoms with Crippen LogP contribution < -0.4 is 0 Å². The molecule has 3 heteroatoms. The third-order valence-corrected chi connectivity index (χ3v) is 1.78. The number of esters is 1. The van der Waals surface area contributed by atoms with Crippen LogP contribution in [-0.4, -0.2) is 13.1 Å². The number of benzene rings is 1. The molecule has 0 aliphatic rings. The third kappa shape index (κ3) is 2.69. The van der Waals surface area contributed by atoms with Crippen LogP contribution in [-0.2, 0) is 16.0 Å². The lowest BCUT2D eigenvalue weighted by molar-refractivity contribution is -0.136. The van der Waals surface area contributed by atoms with Crippen LogP contribution in [0.1, 0.15) is 5.56 Å². The summed E-state index contributed by atoms with van der Waals surface area (Å²) in [7, 11) is 1.29. The fourth-order valence-electron chi connectivity index (χ4n) is 1.11. The molecule has 1 aromatic carbocycles. The molecule has 14 heavy (non-hydrogen) atoms. The number of carbonyl (C=O) groups is 1. The maximum absolute atomic E-state index is 12.8. The Hall–Kier alpha value is -1.64. The molecular weight excluding hydrogens is 183 g/mol. The Morgan fingerprint density at radius 2 is 2.29 bits per heavy atom. The van der Waals surface area contributed by atoms with Gasteiger partial charge in [-0.2, -0.15) is 0 Å². The highest BCUT2D eigenvalue weighted by molar-refractivity contribution is 5.88. The van der Waals surface area contributed by atoms with Crippen molar-refractivity contribution in [2.24, 2.45) is 0 Å². The minimum atomic E-state index is -0.464. The molecule has 2 nitrogen and oxygen atoms in total. The second kappa shape index (κ2) is 4.56. The molecule has 0 amide bonds. The van der Waals surface area contributed by atoms with E-state index in [1.165, 1.54) is 19.2 Å². The van der Waals surface area contributed by atoms with Crippen LogP contribution in [0, 0.1) is 5.82 Å². The predicted octanol–water partition coefficient (Wildman–Crippen LogP) is 2.10. The molecule has 0 radical (unpaired) electrons. The highest BCUT2D eigenvalue weighted by atomic mass is 19.1. The van der Waals surface area contributed by atoms with Gasteiger partial charge in [0.15, 0.2) is 0 Å². The summed E-state index contributed by atoms with van der Waals surface area (Å²) in [6.45, 7) is 3.55. The van der Waals surface area contributed by atoms with Crippen molar-refractivity contribution in [1.29, 1.82) is 0 Å². The van der Waals surface area contributed by atoms with Gasteiger partial charge in [0.2, 0.25) is 0 Å². The van der Waals surface area contributed by atoms with E-state index < -0.39 is 5.97 Å². The first kappa shape index (κ1) is 10.4. The zero-order chi connectivity index (χ0) is 10.6. The average Bonchev–Trinajstić information content (AvgIpc) is 2.16. The predicted molar refractivity (Wildman–Crippen MR) is 51.3 cm³/mol. The molecule has 0 saturated carbocycles. The molecule has 0 aliphatic carbocycles. The first-order valence-electron chi connectivity index (χ1n) is 4.14. The molecule has 74 valence electrons. The van der Waals surface area contributed by atoms with Crippen molar-refractivity contribution in [2.45, 2.75) is 6.42 Å². The van der Waals surface area contributed by atoms with Gasteiger partial charge in [-0.05, 0) is 17.7 Å². The second-order valence-electron chi connectivity index (χ2n) is 2.90. The first-order chi connectivity index (χ1) is 6.63. The zero-order valence-electron chi connectivity index (χ0n) is 7.92. The number of rotatable bonds is 3. The van der Waals surface area contributed by atoms with E-state index in [0.29, 0.717) is 17.6 Å². The highest BCUT2D eigenvalue weighted by Gasteiger charge is 2.07. The van der Waals surface area contributed by atoms with Gasteiger partial charge in [0.1, 0.15) is 5.82 Å². The molecule has 0 fully saturated rings. The minimum Gasteiger partial charge on any atom is -0.466 e. The second-order valence-corrected chi connectivity index (χ2v) is 2.90. The largest absolute Gasteiger partial charge is 0.466 e. The van der Waals surface area contributed by atoms with E-state index in [9.17, 15) is 9.18 Å². The van der Waals surface area contributed by atoms with E-state index in [1.807, 2.05) is 0 Å². The van der Waals surface area contributed by atoms with Crippen LogP contribution >= 0.6 is 0 Å². The van der Waals surface area contributed by atoms with Crippen LogP contribution in [0.3, 0.4) is 0 Å². The van der Waals surface area contributed by atoms with E-state index in [0.717, 1.165) is 0 Å². The van der Waals surface area contributed by atoms with E-state index in [1.54, 1.807) is 12.1 Å². The van der Waals surface area contributed by atoms with Gasteiger partial charge >= 0.3 is 5.97 Å². The number of carbonyl (C=O) groups excluding carboxylic acids is 1. The fraction of sp³-hybridized carbons (Fsp3) is 0.182.